The highest BCUT2D eigenvalue weighted by Crippen LogP contribution is 2.19. The van der Waals surface area contributed by atoms with Crippen LogP contribution in [0.4, 0.5) is 0 Å². The molecule has 0 heterocycles. The quantitative estimate of drug-likeness (QED) is 0.510. The van der Waals surface area contributed by atoms with E-state index in [1.807, 2.05) is 0 Å². The van der Waals surface area contributed by atoms with Crippen LogP contribution in [0.2, 0.25) is 0 Å². The Hall–Kier alpha value is -1.00. The Labute approximate surface area is 80.9 Å². The molecular weight excluding hydrogens is 158 g/mol. The first-order valence-electron chi connectivity index (χ1n) is 4.84. The Balaban J connectivity index is 2.30. The minimum atomic E-state index is 0.610. The number of nitrogens with one attached hydrogen (secondary N) is 1. The molecule has 0 fully saturated rings. The summed E-state index contributed by atoms with van der Waals surface area (Å²) in [6.45, 7) is 3.91. The van der Waals surface area contributed by atoms with Gasteiger partial charge >= 0.3 is 0 Å². The second kappa shape index (κ2) is 5.61. The lowest BCUT2D eigenvalue weighted by molar-refractivity contribution is 0.581. The fourth-order valence-electron chi connectivity index (χ4n) is 1.52. The molecule has 13 heavy (non-hydrogen) atoms. The van der Waals surface area contributed by atoms with Crippen LogP contribution in [0.5, 0.6) is 0 Å². The summed E-state index contributed by atoms with van der Waals surface area (Å²) in [6.07, 6.45) is 14.1. The van der Waals surface area contributed by atoms with E-state index in [1.54, 1.807) is 0 Å². The lowest BCUT2D eigenvalue weighted by Gasteiger charge is -2.17. The van der Waals surface area contributed by atoms with Crippen molar-refractivity contribution in [3.05, 3.63) is 23.8 Å². The Morgan fingerprint density at radius 2 is 2.54 bits per heavy atom. The molecular formula is C12H17N. The van der Waals surface area contributed by atoms with Crippen LogP contribution >= 0.6 is 0 Å². The average Bonchev–Trinajstić information content (AvgIpc) is 2.19. The lowest BCUT2D eigenvalue weighted by Crippen LogP contribution is -2.22. The van der Waals surface area contributed by atoms with Crippen LogP contribution in [0.15, 0.2) is 23.8 Å². The second-order valence-electron chi connectivity index (χ2n) is 3.44. The van der Waals surface area contributed by atoms with Crippen molar-refractivity contribution in [3.63, 3.8) is 0 Å². The van der Waals surface area contributed by atoms with Crippen LogP contribution in [0.1, 0.15) is 19.8 Å². The van der Waals surface area contributed by atoms with Gasteiger partial charge < -0.3 is 5.32 Å². The molecule has 0 aliphatic heterocycles. The van der Waals surface area contributed by atoms with Crippen molar-refractivity contribution in [2.24, 2.45) is 5.92 Å². The number of allylic oxidation sites excluding steroid dienone is 3. The molecule has 0 aromatic rings. The normalized spacial score (nSPS) is 17.7. The van der Waals surface area contributed by atoms with E-state index in [0.29, 0.717) is 12.5 Å². The Bertz CT molecular complexity index is 242. The lowest BCUT2D eigenvalue weighted by atomic mass is 9.93. The zero-order valence-corrected chi connectivity index (χ0v) is 8.22. The van der Waals surface area contributed by atoms with Gasteiger partial charge in [0.1, 0.15) is 0 Å². The van der Waals surface area contributed by atoms with Gasteiger partial charge in [0.15, 0.2) is 0 Å². The van der Waals surface area contributed by atoms with E-state index in [0.717, 1.165) is 6.54 Å². The van der Waals surface area contributed by atoms with Gasteiger partial charge in [-0.25, -0.2) is 0 Å². The summed E-state index contributed by atoms with van der Waals surface area (Å²) in [5.74, 6) is 3.19. The maximum atomic E-state index is 5.15. The Kier molecular flexibility index (Phi) is 4.35. The maximum Gasteiger partial charge on any atom is 0.0574 e. The largest absolute Gasteiger partial charge is 0.306 e. The fraction of sp³-hybridized carbons (Fsp3) is 0.500. The molecule has 1 nitrogen and oxygen atoms in total. The number of terminal acetylenes is 1. The van der Waals surface area contributed by atoms with E-state index in [-0.39, 0.29) is 0 Å². The molecule has 1 aliphatic rings. The monoisotopic (exact) mass is 175 g/mol. The molecule has 0 saturated heterocycles. The summed E-state index contributed by atoms with van der Waals surface area (Å²) >= 11 is 0. The molecule has 0 aromatic carbocycles. The molecule has 0 aromatic heterocycles. The van der Waals surface area contributed by atoms with E-state index in [1.165, 1.54) is 18.4 Å². The predicted molar refractivity (Wildman–Crippen MR) is 57.3 cm³/mol. The first-order valence-corrected chi connectivity index (χ1v) is 4.84. The van der Waals surface area contributed by atoms with Crippen LogP contribution in [-0.2, 0) is 0 Å². The molecule has 0 bridgehead atoms. The number of hydrogen-bond donors (Lipinski definition) is 1. The molecule has 0 spiro atoms. The van der Waals surface area contributed by atoms with Crippen molar-refractivity contribution in [1.82, 2.24) is 5.32 Å². The molecule has 0 amide bonds. The van der Waals surface area contributed by atoms with Crippen LogP contribution in [0.3, 0.4) is 0 Å². The van der Waals surface area contributed by atoms with Crippen molar-refractivity contribution in [1.29, 1.82) is 0 Å². The molecule has 70 valence electrons. The van der Waals surface area contributed by atoms with E-state index < -0.39 is 0 Å². The minimum absolute atomic E-state index is 0.610. The molecule has 1 heteroatoms. The third kappa shape index (κ3) is 3.48. The minimum Gasteiger partial charge on any atom is -0.306 e. The van der Waals surface area contributed by atoms with Crippen molar-refractivity contribution in [2.45, 2.75) is 19.8 Å². The van der Waals surface area contributed by atoms with Crippen LogP contribution in [0, 0.1) is 18.3 Å². The van der Waals surface area contributed by atoms with Crippen LogP contribution in [-0.4, -0.2) is 13.1 Å². The third-order valence-corrected chi connectivity index (χ3v) is 2.36. The summed E-state index contributed by atoms with van der Waals surface area (Å²) in [6, 6.07) is 0. The van der Waals surface area contributed by atoms with Crippen molar-refractivity contribution < 1.29 is 0 Å². The van der Waals surface area contributed by atoms with Gasteiger partial charge in [-0.05, 0) is 18.8 Å². The zero-order valence-electron chi connectivity index (χ0n) is 8.22. The molecule has 1 unspecified atom stereocenters. The molecule has 1 N–H and O–H groups in total. The summed E-state index contributed by atoms with van der Waals surface area (Å²) in [7, 11) is 0. The van der Waals surface area contributed by atoms with Crippen molar-refractivity contribution in [2.75, 3.05) is 13.1 Å². The van der Waals surface area contributed by atoms with Gasteiger partial charge in [-0.3, -0.25) is 0 Å². The average molecular weight is 175 g/mol. The summed E-state index contributed by atoms with van der Waals surface area (Å²) in [5, 5.41) is 3.23. The molecule has 1 rings (SSSR count). The van der Waals surface area contributed by atoms with E-state index in [2.05, 4.69) is 36.4 Å². The van der Waals surface area contributed by atoms with E-state index in [9.17, 15) is 0 Å². The van der Waals surface area contributed by atoms with E-state index >= 15 is 0 Å². The Morgan fingerprint density at radius 1 is 1.69 bits per heavy atom. The van der Waals surface area contributed by atoms with Gasteiger partial charge in [0, 0.05) is 6.54 Å². The number of hydrogen-bond acceptors (Lipinski definition) is 1. The van der Waals surface area contributed by atoms with Gasteiger partial charge in [-0.1, -0.05) is 36.6 Å². The summed E-state index contributed by atoms with van der Waals surface area (Å²) in [5.41, 5.74) is 1.53. The third-order valence-electron chi connectivity index (χ3n) is 2.36. The van der Waals surface area contributed by atoms with Gasteiger partial charge in [0.25, 0.3) is 0 Å². The van der Waals surface area contributed by atoms with Gasteiger partial charge in [0.05, 0.1) is 6.54 Å². The summed E-state index contributed by atoms with van der Waals surface area (Å²) < 4.78 is 0. The van der Waals surface area contributed by atoms with E-state index in [4.69, 9.17) is 6.42 Å². The van der Waals surface area contributed by atoms with Crippen LogP contribution in [0.25, 0.3) is 0 Å². The smallest absolute Gasteiger partial charge is 0.0574 e. The highest BCUT2D eigenvalue weighted by molar-refractivity contribution is 5.19. The van der Waals surface area contributed by atoms with Gasteiger partial charge in [-0.15, -0.1) is 6.42 Å². The van der Waals surface area contributed by atoms with Gasteiger partial charge in [-0.2, -0.15) is 0 Å². The zero-order chi connectivity index (χ0) is 9.52. The standard InChI is InChI=1S/C12H17N/c1-3-9-13-10-11(2)12-7-5-4-6-8-12/h1,4-5,7,11,13H,6,8-10H2,2H3. The molecule has 0 saturated carbocycles. The molecule has 1 atom stereocenters. The topological polar surface area (TPSA) is 12.0 Å². The Morgan fingerprint density at radius 3 is 3.15 bits per heavy atom. The fourth-order valence-corrected chi connectivity index (χ4v) is 1.52. The highest BCUT2D eigenvalue weighted by Gasteiger charge is 2.08. The van der Waals surface area contributed by atoms with Crippen molar-refractivity contribution >= 4 is 0 Å². The first kappa shape index (κ1) is 10.1. The summed E-state index contributed by atoms with van der Waals surface area (Å²) in [4.78, 5) is 0. The predicted octanol–water partition coefficient (Wildman–Crippen LogP) is 2.12. The SMILES string of the molecule is C#CCNCC(C)C1=CC=CCC1. The maximum absolute atomic E-state index is 5.15. The second-order valence-corrected chi connectivity index (χ2v) is 3.44. The molecule has 0 radical (unpaired) electrons. The van der Waals surface area contributed by atoms with Gasteiger partial charge in [0.2, 0.25) is 0 Å². The van der Waals surface area contributed by atoms with Crippen LogP contribution < -0.4 is 5.32 Å². The van der Waals surface area contributed by atoms with Crippen molar-refractivity contribution in [3.8, 4) is 12.3 Å². The number of rotatable bonds is 4. The first-order chi connectivity index (χ1) is 6.34. The molecule has 1 aliphatic carbocycles. The highest BCUT2D eigenvalue weighted by atomic mass is 14.8.